The van der Waals surface area contributed by atoms with Gasteiger partial charge in [0.15, 0.2) is 5.76 Å². The number of amides is 1. The van der Waals surface area contributed by atoms with Gasteiger partial charge in [-0.15, -0.1) is 0 Å². The molecule has 0 N–H and O–H groups in total. The molecular weight excluding hydrogens is 360 g/mol. The van der Waals surface area contributed by atoms with Crippen molar-refractivity contribution in [3.05, 3.63) is 59.9 Å². The number of carbonyl (C=O) groups is 2. The van der Waals surface area contributed by atoms with E-state index < -0.39 is 0 Å². The molecule has 1 amide bonds. The monoisotopic (exact) mass is 380 g/mol. The SMILES string of the molecule is Cc1nc(-c2ccc(C(=O)N3CCN(CC(=O)c4ccco4)CC3)cc2)no1. The van der Waals surface area contributed by atoms with Crippen LogP contribution < -0.4 is 0 Å². The van der Waals surface area contributed by atoms with Gasteiger partial charge in [-0.2, -0.15) is 4.98 Å². The number of ketones is 1. The predicted octanol–water partition coefficient (Wildman–Crippen LogP) is 2.28. The molecule has 1 aliphatic heterocycles. The van der Waals surface area contributed by atoms with E-state index in [0.29, 0.717) is 55.8 Å². The molecule has 1 aromatic carbocycles. The van der Waals surface area contributed by atoms with Gasteiger partial charge in [0.05, 0.1) is 12.8 Å². The van der Waals surface area contributed by atoms with E-state index in [1.54, 1.807) is 36.1 Å². The Bertz CT molecular complexity index is 955. The molecule has 0 unspecified atom stereocenters. The van der Waals surface area contributed by atoms with Gasteiger partial charge in [0.1, 0.15) is 0 Å². The van der Waals surface area contributed by atoms with E-state index in [-0.39, 0.29) is 11.7 Å². The lowest BCUT2D eigenvalue weighted by Crippen LogP contribution is -2.49. The summed E-state index contributed by atoms with van der Waals surface area (Å²) in [6.07, 6.45) is 1.50. The number of aryl methyl sites for hydroxylation is 1. The summed E-state index contributed by atoms with van der Waals surface area (Å²) in [6.45, 7) is 4.49. The van der Waals surface area contributed by atoms with Crippen LogP contribution in [0.5, 0.6) is 0 Å². The summed E-state index contributed by atoms with van der Waals surface area (Å²) in [5.74, 6) is 1.31. The lowest BCUT2D eigenvalue weighted by Gasteiger charge is -2.34. The molecule has 8 nitrogen and oxygen atoms in total. The second-order valence-electron chi connectivity index (χ2n) is 6.68. The van der Waals surface area contributed by atoms with Crippen molar-refractivity contribution < 1.29 is 18.5 Å². The highest BCUT2D eigenvalue weighted by Gasteiger charge is 2.24. The molecule has 1 saturated heterocycles. The largest absolute Gasteiger partial charge is 0.461 e. The molecule has 1 fully saturated rings. The predicted molar refractivity (Wildman–Crippen MR) is 99.9 cm³/mol. The zero-order chi connectivity index (χ0) is 19.5. The van der Waals surface area contributed by atoms with Crippen molar-refractivity contribution in [1.29, 1.82) is 0 Å². The van der Waals surface area contributed by atoms with Crippen LogP contribution in [-0.4, -0.2) is 64.4 Å². The van der Waals surface area contributed by atoms with Crippen LogP contribution in [0.1, 0.15) is 26.8 Å². The van der Waals surface area contributed by atoms with Crippen molar-refractivity contribution in [2.75, 3.05) is 32.7 Å². The molecule has 0 spiro atoms. The zero-order valence-electron chi connectivity index (χ0n) is 15.5. The van der Waals surface area contributed by atoms with Gasteiger partial charge in [-0.05, 0) is 24.3 Å². The minimum atomic E-state index is -0.0444. The molecule has 3 heterocycles. The third-order valence-corrected chi connectivity index (χ3v) is 4.74. The summed E-state index contributed by atoms with van der Waals surface area (Å²) in [7, 11) is 0. The summed E-state index contributed by atoms with van der Waals surface area (Å²) in [6, 6.07) is 10.6. The van der Waals surface area contributed by atoms with Gasteiger partial charge < -0.3 is 13.8 Å². The molecule has 0 radical (unpaired) electrons. The number of nitrogens with zero attached hydrogens (tertiary/aromatic N) is 4. The van der Waals surface area contributed by atoms with Crippen molar-refractivity contribution in [1.82, 2.24) is 19.9 Å². The smallest absolute Gasteiger partial charge is 0.253 e. The summed E-state index contributed by atoms with van der Waals surface area (Å²) >= 11 is 0. The van der Waals surface area contributed by atoms with Gasteiger partial charge in [0, 0.05) is 44.2 Å². The van der Waals surface area contributed by atoms with Crippen LogP contribution in [0, 0.1) is 6.92 Å². The van der Waals surface area contributed by atoms with Crippen molar-refractivity contribution in [2.24, 2.45) is 0 Å². The Morgan fingerprint density at radius 2 is 1.82 bits per heavy atom. The molecule has 0 saturated carbocycles. The molecule has 2 aromatic heterocycles. The van der Waals surface area contributed by atoms with Crippen molar-refractivity contribution in [3.63, 3.8) is 0 Å². The van der Waals surface area contributed by atoms with Crippen LogP contribution >= 0.6 is 0 Å². The second kappa shape index (κ2) is 7.77. The summed E-state index contributed by atoms with van der Waals surface area (Å²) < 4.78 is 10.1. The van der Waals surface area contributed by atoms with E-state index in [1.165, 1.54) is 6.26 Å². The van der Waals surface area contributed by atoms with Crippen LogP contribution in [0.4, 0.5) is 0 Å². The maximum atomic E-state index is 12.7. The highest BCUT2D eigenvalue weighted by atomic mass is 16.5. The normalized spacial score (nSPS) is 15.0. The Labute approximate surface area is 161 Å². The molecule has 1 aliphatic rings. The third-order valence-electron chi connectivity index (χ3n) is 4.74. The highest BCUT2D eigenvalue weighted by Crippen LogP contribution is 2.18. The highest BCUT2D eigenvalue weighted by molar-refractivity contribution is 5.95. The van der Waals surface area contributed by atoms with E-state index in [1.807, 2.05) is 17.0 Å². The fourth-order valence-electron chi connectivity index (χ4n) is 3.19. The maximum Gasteiger partial charge on any atom is 0.253 e. The van der Waals surface area contributed by atoms with E-state index in [9.17, 15) is 9.59 Å². The van der Waals surface area contributed by atoms with Crippen molar-refractivity contribution in [3.8, 4) is 11.4 Å². The van der Waals surface area contributed by atoms with Crippen LogP contribution in [0.15, 0.2) is 51.6 Å². The second-order valence-corrected chi connectivity index (χ2v) is 6.68. The molecular formula is C20H20N4O4. The van der Waals surface area contributed by atoms with Gasteiger partial charge in [-0.3, -0.25) is 14.5 Å². The van der Waals surface area contributed by atoms with Gasteiger partial charge in [-0.1, -0.05) is 17.3 Å². The molecule has 0 aliphatic carbocycles. The Morgan fingerprint density at radius 3 is 2.43 bits per heavy atom. The zero-order valence-corrected chi connectivity index (χ0v) is 15.5. The van der Waals surface area contributed by atoms with Crippen LogP contribution in [0.2, 0.25) is 0 Å². The first kappa shape index (κ1) is 18.1. The van der Waals surface area contributed by atoms with Crippen molar-refractivity contribution >= 4 is 11.7 Å². The molecule has 28 heavy (non-hydrogen) atoms. The number of hydrogen-bond donors (Lipinski definition) is 0. The van der Waals surface area contributed by atoms with Gasteiger partial charge >= 0.3 is 0 Å². The molecule has 4 rings (SSSR count). The van der Waals surface area contributed by atoms with E-state index in [2.05, 4.69) is 10.1 Å². The average Bonchev–Trinajstić information content (AvgIpc) is 3.40. The van der Waals surface area contributed by atoms with Crippen LogP contribution in [0.25, 0.3) is 11.4 Å². The number of furan rings is 1. The van der Waals surface area contributed by atoms with Crippen LogP contribution in [0.3, 0.4) is 0 Å². The number of aromatic nitrogens is 2. The molecule has 144 valence electrons. The molecule has 0 bridgehead atoms. The Balaban J connectivity index is 1.33. The number of carbonyl (C=O) groups excluding carboxylic acids is 2. The van der Waals surface area contributed by atoms with E-state index in [0.717, 1.165) is 5.56 Å². The number of hydrogen-bond acceptors (Lipinski definition) is 7. The first-order chi connectivity index (χ1) is 13.6. The maximum absolute atomic E-state index is 12.7. The Morgan fingerprint density at radius 1 is 1.07 bits per heavy atom. The van der Waals surface area contributed by atoms with E-state index >= 15 is 0 Å². The van der Waals surface area contributed by atoms with E-state index in [4.69, 9.17) is 8.94 Å². The minimum Gasteiger partial charge on any atom is -0.461 e. The third kappa shape index (κ3) is 3.86. The number of piperazine rings is 1. The van der Waals surface area contributed by atoms with Gasteiger partial charge in [0.25, 0.3) is 5.91 Å². The molecule has 8 heteroatoms. The molecule has 3 aromatic rings. The topological polar surface area (TPSA) is 92.7 Å². The number of Topliss-reactive ketones (excluding diaryl/α,β-unsaturated/α-hetero) is 1. The fraction of sp³-hybridized carbons (Fsp3) is 0.300. The Hall–Kier alpha value is -3.26. The number of rotatable bonds is 5. The quantitative estimate of drug-likeness (QED) is 0.627. The summed E-state index contributed by atoms with van der Waals surface area (Å²) in [4.78, 5) is 32.9. The fourth-order valence-corrected chi connectivity index (χ4v) is 3.19. The Kier molecular flexibility index (Phi) is 5.03. The number of benzene rings is 1. The lowest BCUT2D eigenvalue weighted by atomic mass is 10.1. The molecule has 0 atom stereocenters. The van der Waals surface area contributed by atoms with Gasteiger partial charge in [-0.25, -0.2) is 0 Å². The average molecular weight is 380 g/mol. The first-order valence-corrected chi connectivity index (χ1v) is 9.09. The summed E-state index contributed by atoms with van der Waals surface area (Å²) in [5, 5.41) is 3.88. The summed E-state index contributed by atoms with van der Waals surface area (Å²) in [5.41, 5.74) is 1.42. The minimum absolute atomic E-state index is 0.0205. The standard InChI is InChI=1S/C20H20N4O4/c1-14-21-19(22-28-14)15-4-6-16(7-5-15)20(26)24-10-8-23(9-11-24)13-17(25)18-3-2-12-27-18/h2-7,12H,8-11,13H2,1H3. The van der Waals surface area contributed by atoms with Crippen LogP contribution in [-0.2, 0) is 0 Å². The first-order valence-electron chi connectivity index (χ1n) is 9.09. The van der Waals surface area contributed by atoms with Crippen molar-refractivity contribution in [2.45, 2.75) is 6.92 Å². The van der Waals surface area contributed by atoms with Gasteiger partial charge in [0.2, 0.25) is 17.5 Å². The lowest BCUT2D eigenvalue weighted by molar-refractivity contribution is 0.0620.